The van der Waals surface area contributed by atoms with Crippen molar-refractivity contribution >= 4 is 28.7 Å². The lowest BCUT2D eigenvalue weighted by Gasteiger charge is -2.25. The highest BCUT2D eigenvalue weighted by Gasteiger charge is 2.22. The highest BCUT2D eigenvalue weighted by molar-refractivity contribution is 8.00. The first kappa shape index (κ1) is 22.2. The molecule has 0 bridgehead atoms. The predicted molar refractivity (Wildman–Crippen MR) is 131 cm³/mol. The molecule has 1 atom stereocenters. The molecule has 1 aliphatic heterocycles. The number of aromatic nitrogens is 4. The highest BCUT2D eigenvalue weighted by atomic mass is 32.2. The first-order valence-electron chi connectivity index (χ1n) is 11.2. The molecule has 174 valence electrons. The largest absolute Gasteiger partial charge is 0.486 e. The van der Waals surface area contributed by atoms with E-state index in [1.807, 2.05) is 48.5 Å². The molecule has 0 aliphatic carbocycles. The fourth-order valence-electron chi connectivity index (χ4n) is 3.93. The van der Waals surface area contributed by atoms with Crippen LogP contribution in [0.15, 0.2) is 66.1 Å². The molecule has 0 radical (unpaired) electrons. The van der Waals surface area contributed by atoms with Crippen LogP contribution in [0.2, 0.25) is 0 Å². The van der Waals surface area contributed by atoms with Gasteiger partial charge in [-0.05, 0) is 35.7 Å². The summed E-state index contributed by atoms with van der Waals surface area (Å²) in [4.78, 5) is 21.7. The summed E-state index contributed by atoms with van der Waals surface area (Å²) in [6, 6.07) is 15.5. The van der Waals surface area contributed by atoms with Crippen LogP contribution in [0.4, 0.5) is 0 Å². The first-order valence-corrected chi connectivity index (χ1v) is 12.1. The van der Waals surface area contributed by atoms with Crippen molar-refractivity contribution in [3.8, 4) is 17.2 Å². The van der Waals surface area contributed by atoms with Gasteiger partial charge in [0.1, 0.15) is 24.6 Å². The number of para-hydroxylation sites is 1. The van der Waals surface area contributed by atoms with Crippen LogP contribution >= 0.6 is 11.8 Å². The number of amides is 1. The molecule has 1 N–H and O–H groups in total. The number of nitrogens with one attached hydrogen (secondary N) is 1. The Bertz CT molecular complexity index is 1310. The lowest BCUT2D eigenvalue weighted by atomic mass is 9.95. The van der Waals surface area contributed by atoms with Gasteiger partial charge in [-0.2, -0.15) is 5.10 Å². The number of thioether (sulfide) groups is 1. The van der Waals surface area contributed by atoms with E-state index in [-0.39, 0.29) is 23.6 Å². The molecule has 8 nitrogen and oxygen atoms in total. The second-order valence-corrected chi connectivity index (χ2v) is 9.25. The van der Waals surface area contributed by atoms with E-state index in [9.17, 15) is 4.79 Å². The molecular weight excluding hydrogens is 450 g/mol. The van der Waals surface area contributed by atoms with Gasteiger partial charge in [0.15, 0.2) is 17.1 Å². The van der Waals surface area contributed by atoms with Crippen molar-refractivity contribution in [3.05, 3.63) is 66.6 Å². The maximum absolute atomic E-state index is 12.9. The summed E-state index contributed by atoms with van der Waals surface area (Å²) in [6.07, 6.45) is 3.25. The fourth-order valence-corrected chi connectivity index (χ4v) is 4.71. The summed E-state index contributed by atoms with van der Waals surface area (Å²) in [5, 5.41) is 9.19. The molecule has 9 heteroatoms. The van der Waals surface area contributed by atoms with Gasteiger partial charge in [-0.15, -0.1) is 0 Å². The van der Waals surface area contributed by atoms with Crippen LogP contribution in [0.25, 0.3) is 16.7 Å². The Hall–Kier alpha value is -3.59. The zero-order valence-electron chi connectivity index (χ0n) is 19.0. The molecule has 0 fully saturated rings. The van der Waals surface area contributed by atoms with Gasteiger partial charge in [0.05, 0.1) is 29.1 Å². The molecule has 2 aromatic heterocycles. The smallest absolute Gasteiger partial charge is 0.230 e. The average molecular weight is 476 g/mol. The van der Waals surface area contributed by atoms with Crippen LogP contribution < -0.4 is 14.8 Å². The Morgan fingerprint density at radius 3 is 2.68 bits per heavy atom. The minimum absolute atomic E-state index is 0.0687. The maximum Gasteiger partial charge on any atom is 0.230 e. The zero-order chi connectivity index (χ0) is 23.5. The molecule has 1 aliphatic rings. The van der Waals surface area contributed by atoms with Gasteiger partial charge in [-0.1, -0.05) is 49.9 Å². The number of hydrogen-bond donors (Lipinski definition) is 1. The molecule has 3 heterocycles. The Labute approximate surface area is 201 Å². The maximum atomic E-state index is 12.9. The number of nitrogens with zero attached hydrogens (tertiary/aromatic N) is 4. The van der Waals surface area contributed by atoms with Gasteiger partial charge < -0.3 is 14.8 Å². The molecule has 0 spiro atoms. The zero-order valence-corrected chi connectivity index (χ0v) is 19.8. The number of benzene rings is 2. The number of rotatable bonds is 7. The number of carbonyl (C=O) groups is 1. The summed E-state index contributed by atoms with van der Waals surface area (Å²) < 4.78 is 13.1. The van der Waals surface area contributed by atoms with Crippen LogP contribution in [-0.4, -0.2) is 44.6 Å². The third-order valence-electron chi connectivity index (χ3n) is 5.58. The van der Waals surface area contributed by atoms with E-state index in [1.54, 1.807) is 10.9 Å². The molecule has 0 saturated heterocycles. The van der Waals surface area contributed by atoms with E-state index in [2.05, 4.69) is 34.2 Å². The van der Waals surface area contributed by atoms with Crippen LogP contribution in [0, 0.1) is 5.92 Å². The summed E-state index contributed by atoms with van der Waals surface area (Å²) >= 11 is 1.38. The van der Waals surface area contributed by atoms with E-state index in [4.69, 9.17) is 9.47 Å². The fraction of sp³-hybridized carbons (Fsp3) is 0.280. The van der Waals surface area contributed by atoms with Crippen molar-refractivity contribution in [2.45, 2.75) is 24.9 Å². The van der Waals surface area contributed by atoms with Crippen LogP contribution in [-0.2, 0) is 4.79 Å². The highest BCUT2D eigenvalue weighted by Crippen LogP contribution is 2.34. The quantitative estimate of drug-likeness (QED) is 0.316. The first-order chi connectivity index (χ1) is 16.6. The predicted octanol–water partition coefficient (Wildman–Crippen LogP) is 4.19. The molecule has 1 unspecified atom stereocenters. The normalized spacial score (nSPS) is 13.7. The SMILES string of the molecule is CC(C)C(NC(=O)CSc1ncnc2c1cnn2-c1ccccc1)c1ccc2c(c1)OCCO2. The van der Waals surface area contributed by atoms with Gasteiger partial charge in [0, 0.05) is 0 Å². The van der Waals surface area contributed by atoms with Gasteiger partial charge in [-0.25, -0.2) is 14.6 Å². The second kappa shape index (κ2) is 9.72. The van der Waals surface area contributed by atoms with E-state index >= 15 is 0 Å². The van der Waals surface area contributed by atoms with Crippen molar-refractivity contribution in [1.29, 1.82) is 0 Å². The summed E-state index contributed by atoms with van der Waals surface area (Å²) in [5.41, 5.74) is 2.62. The van der Waals surface area contributed by atoms with E-state index < -0.39 is 0 Å². The van der Waals surface area contributed by atoms with Crippen LogP contribution in [0.3, 0.4) is 0 Å². The van der Waals surface area contributed by atoms with Crippen LogP contribution in [0.5, 0.6) is 11.5 Å². The van der Waals surface area contributed by atoms with Gasteiger partial charge in [0.25, 0.3) is 0 Å². The third-order valence-corrected chi connectivity index (χ3v) is 6.58. The number of ether oxygens (including phenoxy) is 2. The Morgan fingerprint density at radius 2 is 1.88 bits per heavy atom. The number of carbonyl (C=O) groups excluding carboxylic acids is 1. The van der Waals surface area contributed by atoms with Gasteiger partial charge in [0.2, 0.25) is 5.91 Å². The third kappa shape index (κ3) is 4.56. The van der Waals surface area contributed by atoms with Crippen molar-refractivity contribution in [3.63, 3.8) is 0 Å². The van der Waals surface area contributed by atoms with Gasteiger partial charge >= 0.3 is 0 Å². The Morgan fingerprint density at radius 1 is 1.09 bits per heavy atom. The van der Waals surface area contributed by atoms with Crippen molar-refractivity contribution in [1.82, 2.24) is 25.1 Å². The molecule has 0 saturated carbocycles. The van der Waals surface area contributed by atoms with Crippen LogP contribution in [0.1, 0.15) is 25.5 Å². The molecular formula is C25H25N5O3S. The van der Waals surface area contributed by atoms with E-state index in [0.29, 0.717) is 18.9 Å². The standard InChI is InChI=1S/C25H25N5O3S/c1-16(2)23(17-8-9-20-21(12-17)33-11-10-32-20)29-22(31)14-34-25-19-13-28-30(24(19)26-15-27-25)18-6-4-3-5-7-18/h3-9,12-13,15-16,23H,10-11,14H2,1-2H3,(H,29,31). The average Bonchev–Trinajstić information content (AvgIpc) is 3.31. The monoisotopic (exact) mass is 475 g/mol. The Kier molecular flexibility index (Phi) is 6.35. The van der Waals surface area contributed by atoms with E-state index in [1.165, 1.54) is 18.1 Å². The topological polar surface area (TPSA) is 91.2 Å². The Balaban J connectivity index is 1.29. The minimum atomic E-state index is -0.143. The second-order valence-electron chi connectivity index (χ2n) is 8.29. The van der Waals surface area contributed by atoms with Crippen molar-refractivity contribution in [2.24, 2.45) is 5.92 Å². The van der Waals surface area contributed by atoms with E-state index in [0.717, 1.165) is 33.2 Å². The summed E-state index contributed by atoms with van der Waals surface area (Å²) in [5.74, 6) is 1.82. The molecule has 2 aromatic carbocycles. The number of hydrogen-bond acceptors (Lipinski definition) is 7. The molecule has 5 rings (SSSR count). The number of fused-ring (bicyclic) bond motifs is 2. The molecule has 1 amide bonds. The summed E-state index contributed by atoms with van der Waals surface area (Å²) in [6.45, 7) is 5.25. The minimum Gasteiger partial charge on any atom is -0.486 e. The van der Waals surface area contributed by atoms with Crippen molar-refractivity contribution in [2.75, 3.05) is 19.0 Å². The molecule has 4 aromatic rings. The lowest BCUT2D eigenvalue weighted by molar-refractivity contribution is -0.119. The molecule has 34 heavy (non-hydrogen) atoms. The van der Waals surface area contributed by atoms with Crippen molar-refractivity contribution < 1.29 is 14.3 Å². The van der Waals surface area contributed by atoms with Gasteiger partial charge in [-0.3, -0.25) is 4.79 Å². The summed E-state index contributed by atoms with van der Waals surface area (Å²) in [7, 11) is 0. The lowest BCUT2D eigenvalue weighted by Crippen LogP contribution is -2.33.